The van der Waals surface area contributed by atoms with Crippen molar-refractivity contribution in [1.29, 1.82) is 0 Å². The average molecular weight is 380 g/mol. The van der Waals surface area contributed by atoms with Gasteiger partial charge >= 0.3 is 0 Å². The summed E-state index contributed by atoms with van der Waals surface area (Å²) < 4.78 is 7.08. The van der Waals surface area contributed by atoms with Gasteiger partial charge in [-0.15, -0.1) is 0 Å². The van der Waals surface area contributed by atoms with Crippen LogP contribution in [0.3, 0.4) is 0 Å². The van der Waals surface area contributed by atoms with E-state index in [-0.39, 0.29) is 5.91 Å². The first-order valence-corrected chi connectivity index (χ1v) is 7.14. The Balaban J connectivity index is 2.54. The van der Waals surface area contributed by atoms with Crippen LogP contribution in [0.5, 0.6) is 5.75 Å². The van der Waals surface area contributed by atoms with Gasteiger partial charge in [-0.2, -0.15) is 0 Å². The number of benzene rings is 1. The first-order valence-electron chi connectivity index (χ1n) is 5.56. The number of hydrogen-bond acceptors (Lipinski definition) is 3. The molecule has 0 unspecified atom stereocenters. The van der Waals surface area contributed by atoms with Gasteiger partial charge in [0.1, 0.15) is 5.75 Å². The number of anilines is 1. The van der Waals surface area contributed by atoms with Gasteiger partial charge in [0.05, 0.1) is 17.3 Å². The Hall–Kier alpha value is -0.750. The Labute approximate surface area is 124 Å². The van der Waals surface area contributed by atoms with Crippen molar-refractivity contribution in [3.8, 4) is 5.75 Å². The summed E-state index contributed by atoms with van der Waals surface area (Å²) in [7, 11) is 3.27. The highest BCUT2D eigenvalue weighted by atomic mass is 79.9. The normalized spacial score (nSPS) is 10.0. The van der Waals surface area contributed by atoms with E-state index in [1.165, 1.54) is 0 Å². The van der Waals surface area contributed by atoms with Gasteiger partial charge < -0.3 is 15.4 Å². The smallest absolute Gasteiger partial charge is 0.219 e. The van der Waals surface area contributed by atoms with Gasteiger partial charge in [-0.05, 0) is 44.3 Å². The number of nitrogens with one attached hydrogen (secondary N) is 2. The molecular weight excluding hydrogens is 364 g/mol. The minimum Gasteiger partial charge on any atom is -0.495 e. The van der Waals surface area contributed by atoms with Crippen LogP contribution in [0.2, 0.25) is 0 Å². The molecule has 0 aliphatic heterocycles. The highest BCUT2D eigenvalue weighted by Crippen LogP contribution is 2.34. The SMILES string of the molecule is CNC(=O)CCCNc1cc(OC)c(Br)cc1Br. The number of hydrogen-bond donors (Lipinski definition) is 2. The molecule has 100 valence electrons. The lowest BCUT2D eigenvalue weighted by molar-refractivity contribution is -0.120. The third-order valence-electron chi connectivity index (χ3n) is 2.42. The lowest BCUT2D eigenvalue weighted by Crippen LogP contribution is -2.18. The Kier molecular flexibility index (Phi) is 6.49. The molecule has 0 saturated heterocycles. The molecule has 0 aromatic heterocycles. The predicted molar refractivity (Wildman–Crippen MR) is 80.2 cm³/mol. The first-order chi connectivity index (χ1) is 8.58. The fraction of sp³-hybridized carbons (Fsp3) is 0.417. The molecule has 0 aliphatic rings. The molecule has 2 N–H and O–H groups in total. The molecule has 0 atom stereocenters. The topological polar surface area (TPSA) is 50.4 Å². The Morgan fingerprint density at radius 3 is 2.67 bits per heavy atom. The van der Waals surface area contributed by atoms with Crippen molar-refractivity contribution < 1.29 is 9.53 Å². The quantitative estimate of drug-likeness (QED) is 0.746. The Bertz CT molecular complexity index is 425. The molecule has 0 bridgehead atoms. The molecule has 4 nitrogen and oxygen atoms in total. The molecule has 0 radical (unpaired) electrons. The van der Waals surface area contributed by atoms with Crippen LogP contribution < -0.4 is 15.4 Å². The summed E-state index contributed by atoms with van der Waals surface area (Å²) in [5, 5.41) is 5.87. The molecule has 0 saturated carbocycles. The van der Waals surface area contributed by atoms with Crippen LogP contribution in [0.1, 0.15) is 12.8 Å². The van der Waals surface area contributed by atoms with Gasteiger partial charge in [-0.25, -0.2) is 0 Å². The lowest BCUT2D eigenvalue weighted by atomic mass is 10.2. The summed E-state index contributed by atoms with van der Waals surface area (Å²) in [5.74, 6) is 0.830. The second-order valence-electron chi connectivity index (χ2n) is 3.67. The van der Waals surface area contributed by atoms with E-state index in [1.54, 1.807) is 14.2 Å². The van der Waals surface area contributed by atoms with Crippen molar-refractivity contribution in [2.24, 2.45) is 0 Å². The van der Waals surface area contributed by atoms with E-state index in [0.717, 1.165) is 33.3 Å². The molecule has 0 fully saturated rings. The lowest BCUT2D eigenvalue weighted by Gasteiger charge is -2.11. The molecule has 0 spiro atoms. The van der Waals surface area contributed by atoms with Crippen molar-refractivity contribution >= 4 is 43.5 Å². The summed E-state index contributed by atoms with van der Waals surface area (Å²) in [6.07, 6.45) is 1.30. The highest BCUT2D eigenvalue weighted by Gasteiger charge is 2.06. The third kappa shape index (κ3) is 4.49. The van der Waals surface area contributed by atoms with E-state index in [4.69, 9.17) is 4.74 Å². The monoisotopic (exact) mass is 378 g/mol. The molecule has 1 amide bonds. The number of halogens is 2. The number of carbonyl (C=O) groups is 1. The first kappa shape index (κ1) is 15.3. The zero-order valence-electron chi connectivity index (χ0n) is 10.3. The minimum absolute atomic E-state index is 0.0595. The summed E-state index contributed by atoms with van der Waals surface area (Å²) in [5.41, 5.74) is 0.951. The zero-order chi connectivity index (χ0) is 13.5. The maximum absolute atomic E-state index is 11.1. The van der Waals surface area contributed by atoms with Crippen molar-refractivity contribution in [3.63, 3.8) is 0 Å². The Morgan fingerprint density at radius 1 is 1.33 bits per heavy atom. The van der Waals surface area contributed by atoms with Crippen molar-refractivity contribution in [3.05, 3.63) is 21.1 Å². The number of methoxy groups -OCH3 is 1. The largest absolute Gasteiger partial charge is 0.495 e. The van der Waals surface area contributed by atoms with Crippen LogP contribution in [0.25, 0.3) is 0 Å². The standard InChI is InChI=1S/C12H16Br2N2O2/c1-15-12(17)4-3-5-16-10-7-11(18-2)9(14)6-8(10)13/h6-7,16H,3-5H2,1-2H3,(H,15,17). The number of amides is 1. The van der Waals surface area contributed by atoms with Gasteiger partial charge in [-0.1, -0.05) is 0 Å². The molecule has 1 aromatic carbocycles. The van der Waals surface area contributed by atoms with Crippen LogP contribution in [-0.2, 0) is 4.79 Å². The van der Waals surface area contributed by atoms with E-state index in [1.807, 2.05) is 12.1 Å². The van der Waals surface area contributed by atoms with E-state index in [9.17, 15) is 4.79 Å². The van der Waals surface area contributed by atoms with Gasteiger partial charge in [0.15, 0.2) is 0 Å². The summed E-state index contributed by atoms with van der Waals surface area (Å²) in [4.78, 5) is 11.1. The maximum atomic E-state index is 11.1. The maximum Gasteiger partial charge on any atom is 0.219 e. The van der Waals surface area contributed by atoms with Crippen molar-refractivity contribution in [1.82, 2.24) is 5.32 Å². The van der Waals surface area contributed by atoms with Crippen LogP contribution in [0.15, 0.2) is 21.1 Å². The van der Waals surface area contributed by atoms with E-state index < -0.39 is 0 Å². The second kappa shape index (κ2) is 7.63. The summed E-state index contributed by atoms with van der Waals surface area (Å²) >= 11 is 6.89. The van der Waals surface area contributed by atoms with Crippen LogP contribution in [0, 0.1) is 0 Å². The molecule has 1 rings (SSSR count). The van der Waals surface area contributed by atoms with Gasteiger partial charge in [0.25, 0.3) is 0 Å². The van der Waals surface area contributed by atoms with Crippen molar-refractivity contribution in [2.45, 2.75) is 12.8 Å². The minimum atomic E-state index is 0.0595. The van der Waals surface area contributed by atoms with Gasteiger partial charge in [0, 0.05) is 30.6 Å². The third-order valence-corrected chi connectivity index (χ3v) is 3.69. The second-order valence-corrected chi connectivity index (χ2v) is 5.38. The summed E-state index contributed by atoms with van der Waals surface area (Å²) in [6, 6.07) is 3.84. The van der Waals surface area contributed by atoms with E-state index >= 15 is 0 Å². The van der Waals surface area contributed by atoms with Crippen LogP contribution in [-0.4, -0.2) is 26.6 Å². The molecule has 0 heterocycles. The highest BCUT2D eigenvalue weighted by molar-refractivity contribution is 9.11. The molecule has 6 heteroatoms. The fourth-order valence-corrected chi connectivity index (χ4v) is 2.71. The molecule has 0 aliphatic carbocycles. The predicted octanol–water partition coefficient (Wildman–Crippen LogP) is 3.16. The molecule has 18 heavy (non-hydrogen) atoms. The zero-order valence-corrected chi connectivity index (χ0v) is 13.5. The molecular formula is C12H16Br2N2O2. The fourth-order valence-electron chi connectivity index (χ4n) is 1.42. The Morgan fingerprint density at radius 2 is 2.06 bits per heavy atom. The van der Waals surface area contributed by atoms with Gasteiger partial charge in [-0.3, -0.25) is 4.79 Å². The van der Waals surface area contributed by atoms with Gasteiger partial charge in [0.2, 0.25) is 5.91 Å². The van der Waals surface area contributed by atoms with Crippen LogP contribution >= 0.6 is 31.9 Å². The van der Waals surface area contributed by atoms with Crippen molar-refractivity contribution in [2.75, 3.05) is 26.0 Å². The number of rotatable bonds is 6. The van der Waals surface area contributed by atoms with E-state index in [0.29, 0.717) is 6.42 Å². The number of ether oxygens (including phenoxy) is 1. The summed E-state index contributed by atoms with van der Waals surface area (Å²) in [6.45, 7) is 0.733. The number of carbonyl (C=O) groups excluding carboxylic acids is 1. The van der Waals surface area contributed by atoms with E-state index in [2.05, 4.69) is 42.5 Å². The van der Waals surface area contributed by atoms with Crippen LogP contribution in [0.4, 0.5) is 5.69 Å². The molecule has 1 aromatic rings. The average Bonchev–Trinajstić information content (AvgIpc) is 2.36.